The van der Waals surface area contributed by atoms with E-state index in [-0.39, 0.29) is 24.8 Å². The number of halogens is 2. The molecule has 0 aliphatic heterocycles. The smallest absolute Gasteiger partial charge is 0.305 e. The SMILES string of the molecule is O=C(O)CCOCCOCCOCCOCCOCCOCCOCCOCCOCCOCCOCCOCCn1c(O)c(Br)c(Br)c1O. The van der Waals surface area contributed by atoms with E-state index in [0.717, 1.165) is 0 Å². The molecule has 0 saturated carbocycles. The van der Waals surface area contributed by atoms with Gasteiger partial charge in [0, 0.05) is 0 Å². The maximum Gasteiger partial charge on any atom is 0.305 e. The molecule has 0 unspecified atom stereocenters. The molecule has 0 saturated heterocycles. The van der Waals surface area contributed by atoms with Gasteiger partial charge in [-0.15, -0.1) is 0 Å². The standard InChI is InChI=1S/C31H55Br2NO16/c32-28-29(33)31(38)34(30(28)37)2-4-40-6-8-42-10-12-44-14-16-46-18-20-48-22-24-50-26-25-49-23-21-47-19-17-45-15-13-43-11-9-41-7-5-39-3-1-27(35)36/h37-38H,1-26H2,(H,35,36). The fraction of sp³-hybridized carbons (Fsp3) is 0.839. The third-order valence-corrected chi connectivity index (χ3v) is 8.14. The number of carbonyl (C=O) groups is 1. The van der Waals surface area contributed by atoms with Crippen molar-refractivity contribution >= 4 is 37.8 Å². The number of carboxylic acids is 1. The Morgan fingerprint density at radius 2 is 0.600 bits per heavy atom. The number of aliphatic carboxylic acids is 1. The minimum atomic E-state index is -0.879. The fourth-order valence-electron chi connectivity index (χ4n) is 3.58. The van der Waals surface area contributed by atoms with Gasteiger partial charge in [-0.25, -0.2) is 0 Å². The molecule has 3 N–H and O–H groups in total. The molecule has 19 heteroatoms. The van der Waals surface area contributed by atoms with E-state index >= 15 is 0 Å². The van der Waals surface area contributed by atoms with Crippen molar-refractivity contribution in [3.63, 3.8) is 0 Å². The Bertz CT molecular complexity index is 904. The van der Waals surface area contributed by atoms with E-state index in [0.29, 0.717) is 167 Å². The van der Waals surface area contributed by atoms with Gasteiger partial charge in [0.2, 0.25) is 11.8 Å². The third kappa shape index (κ3) is 27.5. The van der Waals surface area contributed by atoms with Crippen LogP contribution in [-0.4, -0.2) is 184 Å². The first-order chi connectivity index (χ1) is 24.4. The number of nitrogens with zero attached hydrogens (tertiary/aromatic N) is 1. The van der Waals surface area contributed by atoms with E-state index in [2.05, 4.69) is 31.9 Å². The van der Waals surface area contributed by atoms with Crippen LogP contribution in [0.15, 0.2) is 8.95 Å². The van der Waals surface area contributed by atoms with Crippen molar-refractivity contribution in [2.24, 2.45) is 0 Å². The summed E-state index contributed by atoms with van der Waals surface area (Å²) in [5.41, 5.74) is 0. The third-order valence-electron chi connectivity index (χ3n) is 6.11. The van der Waals surface area contributed by atoms with Crippen LogP contribution in [0.2, 0.25) is 0 Å². The lowest BCUT2D eigenvalue weighted by Gasteiger charge is -2.09. The Morgan fingerprint density at radius 3 is 0.820 bits per heavy atom. The van der Waals surface area contributed by atoms with Gasteiger partial charge in [-0.2, -0.15) is 0 Å². The minimum absolute atomic E-state index is 0.00806. The largest absolute Gasteiger partial charge is 0.494 e. The van der Waals surface area contributed by atoms with E-state index in [4.69, 9.17) is 61.9 Å². The number of aromatic nitrogens is 1. The highest BCUT2D eigenvalue weighted by Crippen LogP contribution is 2.41. The lowest BCUT2D eigenvalue weighted by atomic mass is 10.5. The van der Waals surface area contributed by atoms with Gasteiger partial charge in [0.25, 0.3) is 0 Å². The average molecular weight is 858 g/mol. The highest BCUT2D eigenvalue weighted by Gasteiger charge is 2.18. The number of carboxylic acid groups (broad SMARTS) is 1. The van der Waals surface area contributed by atoms with Crippen LogP contribution in [0.1, 0.15) is 6.42 Å². The molecule has 0 spiro atoms. The zero-order valence-corrected chi connectivity index (χ0v) is 31.9. The van der Waals surface area contributed by atoms with Crippen molar-refractivity contribution in [1.29, 1.82) is 0 Å². The average Bonchev–Trinajstić information content (AvgIpc) is 3.28. The molecule has 50 heavy (non-hydrogen) atoms. The highest BCUT2D eigenvalue weighted by atomic mass is 79.9. The number of rotatable bonds is 39. The summed E-state index contributed by atoms with van der Waals surface area (Å²) in [4.78, 5) is 10.3. The van der Waals surface area contributed by atoms with Crippen LogP contribution >= 0.6 is 31.9 Å². The van der Waals surface area contributed by atoms with Crippen molar-refractivity contribution < 1.29 is 77.0 Å². The van der Waals surface area contributed by atoms with Crippen LogP contribution in [-0.2, 0) is 68.2 Å². The minimum Gasteiger partial charge on any atom is -0.494 e. The molecule has 294 valence electrons. The molecule has 0 radical (unpaired) electrons. The van der Waals surface area contributed by atoms with Gasteiger partial charge in [0.1, 0.15) is 0 Å². The molecule has 1 aromatic rings. The van der Waals surface area contributed by atoms with Gasteiger partial charge in [-0.3, -0.25) is 9.36 Å². The number of aromatic hydroxyl groups is 2. The van der Waals surface area contributed by atoms with Crippen molar-refractivity contribution in [3.05, 3.63) is 8.95 Å². The number of hydrogen-bond donors (Lipinski definition) is 3. The van der Waals surface area contributed by atoms with Crippen molar-refractivity contribution in [1.82, 2.24) is 4.57 Å². The molecule has 0 bridgehead atoms. The van der Waals surface area contributed by atoms with Crippen LogP contribution < -0.4 is 0 Å². The second-order valence-electron chi connectivity index (χ2n) is 9.92. The van der Waals surface area contributed by atoms with Crippen molar-refractivity contribution in [3.8, 4) is 11.8 Å². The van der Waals surface area contributed by atoms with Crippen molar-refractivity contribution in [2.75, 3.05) is 159 Å². The molecular weight excluding hydrogens is 802 g/mol. The van der Waals surface area contributed by atoms with Crippen LogP contribution in [0.3, 0.4) is 0 Å². The molecule has 1 rings (SSSR count). The van der Waals surface area contributed by atoms with Crippen LogP contribution in [0.4, 0.5) is 0 Å². The van der Waals surface area contributed by atoms with Gasteiger partial charge in [0.15, 0.2) is 0 Å². The van der Waals surface area contributed by atoms with Gasteiger partial charge in [-0.05, 0) is 31.9 Å². The molecule has 0 amide bonds. The number of ether oxygens (including phenoxy) is 12. The molecule has 1 heterocycles. The second-order valence-corrected chi connectivity index (χ2v) is 11.5. The summed E-state index contributed by atoms with van der Waals surface area (Å²) >= 11 is 6.37. The summed E-state index contributed by atoms with van der Waals surface area (Å²) in [6, 6.07) is 0. The molecule has 0 fully saturated rings. The van der Waals surface area contributed by atoms with E-state index in [1.54, 1.807) is 0 Å². The molecule has 17 nitrogen and oxygen atoms in total. The summed E-state index contributed by atoms with van der Waals surface area (Å²) in [6.45, 7) is 10.7. The Balaban J connectivity index is 1.65. The predicted molar refractivity (Wildman–Crippen MR) is 185 cm³/mol. The van der Waals surface area contributed by atoms with E-state index < -0.39 is 5.97 Å². The first-order valence-corrected chi connectivity index (χ1v) is 18.1. The van der Waals surface area contributed by atoms with E-state index in [1.807, 2.05) is 0 Å². The zero-order chi connectivity index (χ0) is 36.3. The summed E-state index contributed by atoms with van der Waals surface area (Å²) in [5, 5.41) is 28.3. The second kappa shape index (κ2) is 34.9. The molecule has 0 aliphatic carbocycles. The first-order valence-electron chi connectivity index (χ1n) is 16.5. The fourth-order valence-corrected chi connectivity index (χ4v) is 4.36. The lowest BCUT2D eigenvalue weighted by molar-refractivity contribution is -0.138. The Labute approximate surface area is 310 Å². The highest BCUT2D eigenvalue weighted by molar-refractivity contribution is 9.13. The molecule has 0 atom stereocenters. The van der Waals surface area contributed by atoms with E-state index in [1.165, 1.54) is 4.57 Å². The van der Waals surface area contributed by atoms with Crippen LogP contribution in [0.25, 0.3) is 0 Å². The van der Waals surface area contributed by atoms with Crippen molar-refractivity contribution in [2.45, 2.75) is 13.0 Å². The monoisotopic (exact) mass is 855 g/mol. The van der Waals surface area contributed by atoms with E-state index in [9.17, 15) is 15.0 Å². The molecule has 1 aromatic heterocycles. The Morgan fingerprint density at radius 1 is 0.400 bits per heavy atom. The maximum absolute atomic E-state index is 10.3. The van der Waals surface area contributed by atoms with Gasteiger partial charge in [-0.1, -0.05) is 0 Å². The maximum atomic E-state index is 10.3. The topological polar surface area (TPSA) is 193 Å². The quantitative estimate of drug-likeness (QED) is 0.0815. The van der Waals surface area contributed by atoms with Gasteiger partial charge < -0.3 is 72.2 Å². The van der Waals surface area contributed by atoms with Gasteiger partial charge >= 0.3 is 5.97 Å². The molecule has 0 aromatic carbocycles. The number of hydrogen-bond acceptors (Lipinski definition) is 15. The normalized spacial score (nSPS) is 11.6. The van der Waals surface area contributed by atoms with Crippen LogP contribution in [0.5, 0.6) is 11.8 Å². The zero-order valence-electron chi connectivity index (χ0n) is 28.7. The van der Waals surface area contributed by atoms with Gasteiger partial charge in [0.05, 0.1) is 180 Å². The molecular formula is C31H55Br2NO16. The first kappa shape index (κ1) is 46.9. The Kier molecular flexibility index (Phi) is 32.7. The Hall–Kier alpha value is -1.17. The van der Waals surface area contributed by atoms with Crippen LogP contribution in [0, 0.1) is 0 Å². The summed E-state index contributed by atoms with van der Waals surface area (Å²) in [5.74, 6) is -1.01. The summed E-state index contributed by atoms with van der Waals surface area (Å²) in [6.07, 6.45) is -0.00806. The lowest BCUT2D eigenvalue weighted by Crippen LogP contribution is -2.15. The molecule has 0 aliphatic rings. The summed E-state index contributed by atoms with van der Waals surface area (Å²) < 4.78 is 67.1. The summed E-state index contributed by atoms with van der Waals surface area (Å²) in [7, 11) is 0. The predicted octanol–water partition coefficient (Wildman–Crippen LogP) is 2.10.